The Labute approximate surface area is 140 Å². The molecule has 0 saturated heterocycles. The Kier molecular flexibility index (Phi) is 3.24. The summed E-state index contributed by atoms with van der Waals surface area (Å²) in [4.78, 5) is 25.4. The van der Waals surface area contributed by atoms with Crippen molar-refractivity contribution in [2.45, 2.75) is 18.9 Å². The van der Waals surface area contributed by atoms with Crippen molar-refractivity contribution in [3.8, 4) is 11.3 Å². The number of pyridine rings is 1. The van der Waals surface area contributed by atoms with Gasteiger partial charge in [-0.25, -0.2) is 0 Å². The summed E-state index contributed by atoms with van der Waals surface area (Å²) in [5.74, 6) is 0.0384. The number of benzene rings is 2. The predicted molar refractivity (Wildman–Crippen MR) is 94.3 cm³/mol. The van der Waals surface area contributed by atoms with E-state index in [0.29, 0.717) is 5.56 Å². The molecule has 0 spiro atoms. The van der Waals surface area contributed by atoms with E-state index in [1.165, 1.54) is 0 Å². The molecule has 24 heavy (non-hydrogen) atoms. The third kappa shape index (κ3) is 2.05. The highest BCUT2D eigenvalue weighted by atomic mass is 16.1. The van der Waals surface area contributed by atoms with Gasteiger partial charge in [0.2, 0.25) is 0 Å². The first-order valence-electron chi connectivity index (χ1n) is 8.02. The van der Waals surface area contributed by atoms with E-state index in [9.17, 15) is 9.59 Å². The molecule has 1 unspecified atom stereocenters. The van der Waals surface area contributed by atoms with E-state index < -0.39 is 5.54 Å². The molecule has 0 aliphatic carbocycles. The van der Waals surface area contributed by atoms with E-state index in [1.807, 2.05) is 67.6 Å². The van der Waals surface area contributed by atoms with Crippen LogP contribution in [0.5, 0.6) is 0 Å². The Morgan fingerprint density at radius 1 is 0.917 bits per heavy atom. The molecular formula is C21H17NO2. The van der Waals surface area contributed by atoms with Crippen LogP contribution in [-0.4, -0.2) is 10.4 Å². The SMILES string of the molecule is CC1(CC(=O)c2ccccc2)c2ccccc2-c2cccc(=O)n21. The summed E-state index contributed by atoms with van der Waals surface area (Å²) in [5, 5.41) is 0. The molecule has 4 rings (SSSR count). The molecule has 2 aromatic carbocycles. The largest absolute Gasteiger partial charge is 0.298 e. The molecule has 0 fully saturated rings. The van der Waals surface area contributed by atoms with Crippen molar-refractivity contribution < 1.29 is 4.79 Å². The quantitative estimate of drug-likeness (QED) is 0.688. The Hall–Kier alpha value is -2.94. The van der Waals surface area contributed by atoms with Gasteiger partial charge < -0.3 is 0 Å². The smallest absolute Gasteiger partial charge is 0.251 e. The lowest BCUT2D eigenvalue weighted by atomic mass is 9.85. The van der Waals surface area contributed by atoms with Gasteiger partial charge >= 0.3 is 0 Å². The van der Waals surface area contributed by atoms with Crippen molar-refractivity contribution in [3.05, 3.63) is 94.3 Å². The van der Waals surface area contributed by atoms with Crippen LogP contribution in [0, 0.1) is 0 Å². The summed E-state index contributed by atoms with van der Waals surface area (Å²) in [6, 6.07) is 22.5. The number of aromatic nitrogens is 1. The second-order valence-electron chi connectivity index (χ2n) is 6.37. The summed E-state index contributed by atoms with van der Waals surface area (Å²) < 4.78 is 1.76. The lowest BCUT2D eigenvalue weighted by Crippen LogP contribution is -2.38. The van der Waals surface area contributed by atoms with Crippen molar-refractivity contribution in [3.63, 3.8) is 0 Å². The fraction of sp³-hybridized carbons (Fsp3) is 0.143. The number of ketones is 1. The number of Topliss-reactive ketones (excluding diaryl/α,β-unsaturated/α-hetero) is 1. The van der Waals surface area contributed by atoms with Gasteiger partial charge in [-0.15, -0.1) is 0 Å². The van der Waals surface area contributed by atoms with Crippen molar-refractivity contribution in [2.75, 3.05) is 0 Å². The Bertz CT molecular complexity index is 988. The number of hydrogen-bond donors (Lipinski definition) is 0. The van der Waals surface area contributed by atoms with E-state index in [1.54, 1.807) is 16.7 Å². The maximum atomic E-state index is 12.8. The topological polar surface area (TPSA) is 39.1 Å². The minimum Gasteiger partial charge on any atom is -0.298 e. The Morgan fingerprint density at radius 3 is 2.42 bits per heavy atom. The third-order valence-electron chi connectivity index (χ3n) is 4.83. The number of fused-ring (bicyclic) bond motifs is 3. The summed E-state index contributed by atoms with van der Waals surface area (Å²) in [6.45, 7) is 1.98. The molecule has 3 aromatic rings. The first-order chi connectivity index (χ1) is 11.6. The van der Waals surface area contributed by atoms with Crippen molar-refractivity contribution in [1.29, 1.82) is 0 Å². The van der Waals surface area contributed by atoms with Crippen LogP contribution < -0.4 is 5.56 Å². The summed E-state index contributed by atoms with van der Waals surface area (Å²) in [5.41, 5.74) is 2.86. The maximum absolute atomic E-state index is 12.8. The molecule has 3 heteroatoms. The van der Waals surface area contributed by atoms with Gasteiger partial charge in [-0.3, -0.25) is 14.2 Å². The minimum absolute atomic E-state index is 0.0384. The van der Waals surface area contributed by atoms with E-state index in [2.05, 4.69) is 0 Å². The highest BCUT2D eigenvalue weighted by Gasteiger charge is 2.41. The Morgan fingerprint density at radius 2 is 1.62 bits per heavy atom. The fourth-order valence-corrected chi connectivity index (χ4v) is 3.72. The van der Waals surface area contributed by atoms with Gasteiger partial charge in [0.25, 0.3) is 5.56 Å². The zero-order valence-electron chi connectivity index (χ0n) is 13.4. The fourth-order valence-electron chi connectivity index (χ4n) is 3.72. The molecule has 0 saturated carbocycles. The molecule has 0 radical (unpaired) electrons. The molecule has 3 nitrogen and oxygen atoms in total. The molecule has 118 valence electrons. The zero-order chi connectivity index (χ0) is 16.7. The van der Waals surface area contributed by atoms with Crippen LogP contribution in [0.25, 0.3) is 11.3 Å². The van der Waals surface area contributed by atoms with Crippen LogP contribution >= 0.6 is 0 Å². The molecule has 1 aromatic heterocycles. The van der Waals surface area contributed by atoms with Crippen LogP contribution in [0.1, 0.15) is 29.3 Å². The molecule has 1 aliphatic rings. The molecule has 1 aliphatic heterocycles. The lowest BCUT2D eigenvalue weighted by Gasteiger charge is -2.28. The van der Waals surface area contributed by atoms with E-state index in [0.717, 1.165) is 16.8 Å². The van der Waals surface area contributed by atoms with Gasteiger partial charge in [0.05, 0.1) is 11.2 Å². The van der Waals surface area contributed by atoms with Gasteiger partial charge in [-0.05, 0) is 18.6 Å². The number of carbonyl (C=O) groups excluding carboxylic acids is 1. The first kappa shape index (κ1) is 14.6. The normalized spacial score (nSPS) is 18.0. The standard InChI is InChI=1S/C21H17NO2/c1-21(14-19(23)15-8-3-2-4-9-15)17-11-6-5-10-16(17)18-12-7-13-20(24)22(18)21/h2-13H,14H2,1H3. The predicted octanol–water partition coefficient (Wildman–Crippen LogP) is 3.87. The van der Waals surface area contributed by atoms with Crippen molar-refractivity contribution >= 4 is 5.78 Å². The van der Waals surface area contributed by atoms with Crippen LogP contribution in [0.2, 0.25) is 0 Å². The van der Waals surface area contributed by atoms with Gasteiger partial charge in [0, 0.05) is 23.6 Å². The summed E-state index contributed by atoms with van der Waals surface area (Å²) in [6.07, 6.45) is 0.255. The summed E-state index contributed by atoms with van der Waals surface area (Å²) >= 11 is 0. The Balaban J connectivity index is 1.88. The monoisotopic (exact) mass is 315 g/mol. The second kappa shape index (κ2) is 5.31. The molecule has 0 amide bonds. The van der Waals surface area contributed by atoms with E-state index in [-0.39, 0.29) is 17.8 Å². The number of carbonyl (C=O) groups is 1. The number of rotatable bonds is 3. The van der Waals surface area contributed by atoms with Crippen molar-refractivity contribution in [1.82, 2.24) is 4.57 Å². The van der Waals surface area contributed by atoms with Crippen LogP contribution in [0.3, 0.4) is 0 Å². The first-order valence-corrected chi connectivity index (χ1v) is 8.02. The molecule has 1 atom stereocenters. The van der Waals surface area contributed by atoms with Gasteiger partial charge in [0.1, 0.15) is 0 Å². The summed E-state index contributed by atoms with van der Waals surface area (Å²) in [7, 11) is 0. The average molecular weight is 315 g/mol. The highest BCUT2D eigenvalue weighted by molar-refractivity contribution is 5.97. The molecule has 0 bridgehead atoms. The van der Waals surface area contributed by atoms with Gasteiger partial charge in [-0.1, -0.05) is 60.7 Å². The number of hydrogen-bond acceptors (Lipinski definition) is 2. The third-order valence-corrected chi connectivity index (χ3v) is 4.83. The van der Waals surface area contributed by atoms with Gasteiger partial charge in [0.15, 0.2) is 5.78 Å². The van der Waals surface area contributed by atoms with Crippen LogP contribution in [0.4, 0.5) is 0 Å². The maximum Gasteiger partial charge on any atom is 0.251 e. The molecular weight excluding hydrogens is 298 g/mol. The number of nitrogens with zero attached hydrogens (tertiary/aromatic N) is 1. The van der Waals surface area contributed by atoms with E-state index >= 15 is 0 Å². The van der Waals surface area contributed by atoms with Crippen molar-refractivity contribution in [2.24, 2.45) is 0 Å². The average Bonchev–Trinajstić information content (AvgIpc) is 2.86. The minimum atomic E-state index is -0.669. The highest BCUT2D eigenvalue weighted by Crippen LogP contribution is 2.44. The second-order valence-corrected chi connectivity index (χ2v) is 6.37. The van der Waals surface area contributed by atoms with Crippen LogP contribution in [-0.2, 0) is 5.54 Å². The zero-order valence-corrected chi connectivity index (χ0v) is 13.4. The lowest BCUT2D eigenvalue weighted by molar-refractivity contribution is 0.0945. The van der Waals surface area contributed by atoms with Crippen LogP contribution in [0.15, 0.2) is 77.6 Å². The molecule has 0 N–H and O–H groups in total. The van der Waals surface area contributed by atoms with Gasteiger partial charge in [-0.2, -0.15) is 0 Å². The molecule has 2 heterocycles. The van der Waals surface area contributed by atoms with E-state index in [4.69, 9.17) is 0 Å².